The number of fused-ring (bicyclic) bond motifs is 3. The van der Waals surface area contributed by atoms with E-state index >= 15 is 0 Å². The molecular weight excluding hydrogens is 370 g/mol. The number of imidazole rings is 2. The number of nitrogens with zero attached hydrogens (tertiary/aromatic N) is 3. The molecule has 0 atom stereocenters. The first-order chi connectivity index (χ1) is 14.8. The van der Waals surface area contributed by atoms with Gasteiger partial charge < -0.3 is 9.97 Å². The molecule has 6 aromatic rings. The third kappa shape index (κ3) is 2.63. The van der Waals surface area contributed by atoms with Crippen molar-refractivity contribution in [1.29, 1.82) is 5.26 Å². The van der Waals surface area contributed by atoms with Crippen molar-refractivity contribution in [3.05, 3.63) is 84.4 Å². The van der Waals surface area contributed by atoms with Crippen molar-refractivity contribution in [2.24, 2.45) is 0 Å². The molecule has 0 saturated carbocycles. The second kappa shape index (κ2) is 6.29. The fraction of sp³-hybridized carbons (Fsp3) is 0. The number of hydrogen-bond donors (Lipinski definition) is 2. The molecule has 0 amide bonds. The highest BCUT2D eigenvalue weighted by Gasteiger charge is 2.10. The summed E-state index contributed by atoms with van der Waals surface area (Å²) in [4.78, 5) is 16.2. The van der Waals surface area contributed by atoms with E-state index in [0.29, 0.717) is 5.56 Å². The third-order valence-corrected chi connectivity index (χ3v) is 5.39. The van der Waals surface area contributed by atoms with Gasteiger partial charge in [0.1, 0.15) is 11.6 Å². The lowest BCUT2D eigenvalue weighted by Gasteiger charge is -2.00. The molecule has 0 fully saturated rings. The number of hydrogen-bond acceptors (Lipinski definition) is 3. The van der Waals surface area contributed by atoms with Gasteiger partial charge in [0.05, 0.1) is 33.7 Å². The van der Waals surface area contributed by atoms with Crippen LogP contribution < -0.4 is 0 Å². The van der Waals surface area contributed by atoms with Crippen LogP contribution in [0.1, 0.15) is 5.56 Å². The Labute approximate surface area is 171 Å². The molecule has 0 aliphatic carbocycles. The van der Waals surface area contributed by atoms with Crippen LogP contribution in [0, 0.1) is 11.3 Å². The van der Waals surface area contributed by atoms with E-state index in [1.165, 1.54) is 10.8 Å². The third-order valence-electron chi connectivity index (χ3n) is 5.39. The molecule has 4 aromatic carbocycles. The minimum Gasteiger partial charge on any atom is -0.338 e. The lowest BCUT2D eigenvalue weighted by Crippen LogP contribution is -1.81. The molecule has 2 aromatic heterocycles. The summed E-state index contributed by atoms with van der Waals surface area (Å²) in [5, 5.41) is 11.5. The zero-order chi connectivity index (χ0) is 20.1. The summed E-state index contributed by atoms with van der Waals surface area (Å²) in [6.45, 7) is 0. The Morgan fingerprint density at radius 3 is 2.03 bits per heavy atom. The predicted octanol–water partition coefficient (Wildman–Crippen LogP) is 5.80. The van der Waals surface area contributed by atoms with Crippen LogP contribution in [-0.4, -0.2) is 19.9 Å². The van der Waals surface area contributed by atoms with Crippen LogP contribution in [0.15, 0.2) is 78.9 Å². The maximum atomic E-state index is 9.10. The molecule has 0 radical (unpaired) electrons. The minimum atomic E-state index is 0.613. The summed E-state index contributed by atoms with van der Waals surface area (Å²) in [5.74, 6) is 1.61. The Morgan fingerprint density at radius 2 is 1.27 bits per heavy atom. The predicted molar refractivity (Wildman–Crippen MR) is 119 cm³/mol. The van der Waals surface area contributed by atoms with Gasteiger partial charge in [-0.25, -0.2) is 9.97 Å². The van der Waals surface area contributed by atoms with Crippen LogP contribution in [0.5, 0.6) is 0 Å². The number of nitrogens with one attached hydrogen (secondary N) is 2. The largest absolute Gasteiger partial charge is 0.338 e. The van der Waals surface area contributed by atoms with E-state index in [1.54, 1.807) is 6.07 Å². The SMILES string of the molecule is N#Cc1ccc2nc(-c3ccc4nc(-c5ccc6ccccc6c5)[nH]c4c3)[nH]c2c1. The van der Waals surface area contributed by atoms with Gasteiger partial charge in [-0.15, -0.1) is 0 Å². The van der Waals surface area contributed by atoms with Crippen LogP contribution in [0.4, 0.5) is 0 Å². The summed E-state index contributed by atoms with van der Waals surface area (Å²) < 4.78 is 0. The molecule has 0 aliphatic rings. The molecule has 5 nitrogen and oxygen atoms in total. The van der Waals surface area contributed by atoms with Crippen molar-refractivity contribution in [1.82, 2.24) is 19.9 Å². The molecule has 0 unspecified atom stereocenters. The lowest BCUT2D eigenvalue weighted by molar-refractivity contribution is 1.33. The van der Waals surface area contributed by atoms with Crippen molar-refractivity contribution in [3.8, 4) is 28.8 Å². The first kappa shape index (κ1) is 16.5. The Morgan fingerprint density at radius 1 is 0.633 bits per heavy atom. The molecule has 5 heteroatoms. The Balaban J connectivity index is 1.43. The quantitative estimate of drug-likeness (QED) is 0.395. The van der Waals surface area contributed by atoms with E-state index in [1.807, 2.05) is 36.4 Å². The first-order valence-electron chi connectivity index (χ1n) is 9.66. The molecule has 6 rings (SSSR count). The lowest BCUT2D eigenvalue weighted by atomic mass is 10.1. The molecule has 2 heterocycles. The normalized spacial score (nSPS) is 11.3. The van der Waals surface area contributed by atoms with Gasteiger partial charge in [0.15, 0.2) is 0 Å². The number of rotatable bonds is 2. The Kier molecular flexibility index (Phi) is 3.47. The maximum Gasteiger partial charge on any atom is 0.138 e. The smallest absolute Gasteiger partial charge is 0.138 e. The van der Waals surface area contributed by atoms with E-state index < -0.39 is 0 Å². The fourth-order valence-corrected chi connectivity index (χ4v) is 3.85. The minimum absolute atomic E-state index is 0.613. The maximum absolute atomic E-state index is 9.10. The van der Waals surface area contributed by atoms with Gasteiger partial charge >= 0.3 is 0 Å². The molecule has 30 heavy (non-hydrogen) atoms. The summed E-state index contributed by atoms with van der Waals surface area (Å²) in [6.07, 6.45) is 0. The van der Waals surface area contributed by atoms with Crippen LogP contribution in [0.2, 0.25) is 0 Å². The van der Waals surface area contributed by atoms with Gasteiger partial charge in [-0.1, -0.05) is 36.4 Å². The molecule has 0 saturated heterocycles. The highest BCUT2D eigenvalue weighted by atomic mass is 14.9. The average molecular weight is 385 g/mol. The highest BCUT2D eigenvalue weighted by Crippen LogP contribution is 2.28. The summed E-state index contributed by atoms with van der Waals surface area (Å²) >= 11 is 0. The van der Waals surface area contributed by atoms with Gasteiger partial charge in [0.25, 0.3) is 0 Å². The standard InChI is InChI=1S/C25H15N5/c26-14-15-5-9-20-22(11-15)29-25(27-20)19-8-10-21-23(13-19)30-24(28-21)18-7-6-16-3-1-2-4-17(16)12-18/h1-13H,(H,27,29)(H,28,30). The zero-order valence-corrected chi connectivity index (χ0v) is 15.8. The van der Waals surface area contributed by atoms with E-state index in [-0.39, 0.29) is 0 Å². The van der Waals surface area contributed by atoms with E-state index in [9.17, 15) is 0 Å². The Bertz CT molecular complexity index is 1610. The van der Waals surface area contributed by atoms with Crippen LogP contribution in [-0.2, 0) is 0 Å². The van der Waals surface area contributed by atoms with Crippen molar-refractivity contribution in [2.75, 3.05) is 0 Å². The molecule has 0 spiro atoms. The summed E-state index contributed by atoms with van der Waals surface area (Å²) in [6, 6.07) is 28.4. The van der Waals surface area contributed by atoms with Crippen LogP contribution in [0.3, 0.4) is 0 Å². The number of H-pyrrole nitrogens is 2. The molecule has 0 aliphatic heterocycles. The van der Waals surface area contributed by atoms with E-state index in [0.717, 1.165) is 44.8 Å². The fourth-order valence-electron chi connectivity index (χ4n) is 3.85. The van der Waals surface area contributed by atoms with Gasteiger partial charge in [-0.3, -0.25) is 0 Å². The molecule has 2 N–H and O–H groups in total. The average Bonchev–Trinajstić information content (AvgIpc) is 3.41. The molecular formula is C25H15N5. The van der Waals surface area contributed by atoms with Crippen molar-refractivity contribution in [2.45, 2.75) is 0 Å². The van der Waals surface area contributed by atoms with Crippen molar-refractivity contribution in [3.63, 3.8) is 0 Å². The monoisotopic (exact) mass is 385 g/mol. The van der Waals surface area contributed by atoms with Gasteiger partial charge in [0.2, 0.25) is 0 Å². The van der Waals surface area contributed by atoms with Crippen LogP contribution in [0.25, 0.3) is 55.6 Å². The second-order valence-corrected chi connectivity index (χ2v) is 7.31. The number of nitriles is 1. The molecule has 0 bridgehead atoms. The first-order valence-corrected chi connectivity index (χ1v) is 9.66. The second-order valence-electron chi connectivity index (χ2n) is 7.31. The van der Waals surface area contributed by atoms with Crippen molar-refractivity contribution < 1.29 is 0 Å². The summed E-state index contributed by atoms with van der Waals surface area (Å²) in [5.41, 5.74) is 6.18. The number of benzene rings is 4. The summed E-state index contributed by atoms with van der Waals surface area (Å²) in [7, 11) is 0. The topological polar surface area (TPSA) is 81.2 Å². The van der Waals surface area contributed by atoms with E-state index in [2.05, 4.69) is 57.4 Å². The van der Waals surface area contributed by atoms with Gasteiger partial charge in [-0.2, -0.15) is 5.26 Å². The van der Waals surface area contributed by atoms with Crippen molar-refractivity contribution >= 4 is 32.8 Å². The molecule has 140 valence electrons. The van der Waals surface area contributed by atoms with E-state index in [4.69, 9.17) is 10.2 Å². The van der Waals surface area contributed by atoms with Gasteiger partial charge in [0, 0.05) is 11.1 Å². The Hall–Kier alpha value is -4.43. The zero-order valence-electron chi connectivity index (χ0n) is 15.8. The van der Waals surface area contributed by atoms with Gasteiger partial charge in [-0.05, 0) is 53.2 Å². The number of aromatic amines is 2. The van der Waals surface area contributed by atoms with Crippen LogP contribution >= 0.6 is 0 Å². The highest BCUT2D eigenvalue weighted by molar-refractivity contribution is 5.89. The number of aromatic nitrogens is 4.